The van der Waals surface area contributed by atoms with Crippen LogP contribution in [0.15, 0.2) is 18.5 Å². The van der Waals surface area contributed by atoms with E-state index in [-0.39, 0.29) is 6.04 Å². The zero-order valence-electron chi connectivity index (χ0n) is 9.63. The molecule has 2 N–H and O–H groups in total. The van der Waals surface area contributed by atoms with Crippen molar-refractivity contribution in [3.05, 3.63) is 24.0 Å². The van der Waals surface area contributed by atoms with Crippen LogP contribution in [0.25, 0.3) is 0 Å². The Morgan fingerprint density at radius 1 is 1.53 bits per heavy atom. The summed E-state index contributed by atoms with van der Waals surface area (Å²) in [6.45, 7) is 7.43. The van der Waals surface area contributed by atoms with Crippen molar-refractivity contribution in [2.24, 2.45) is 0 Å². The normalized spacial score (nSPS) is 13.3. The first-order valence-corrected chi connectivity index (χ1v) is 5.01. The van der Waals surface area contributed by atoms with Crippen molar-refractivity contribution in [3.63, 3.8) is 0 Å². The van der Waals surface area contributed by atoms with E-state index in [1.165, 1.54) is 0 Å². The Bertz CT molecular complexity index is 312. The monoisotopic (exact) mass is 210 g/mol. The Balaban J connectivity index is 2.45. The minimum atomic E-state index is -0.456. The molecule has 4 nitrogen and oxygen atoms in total. The number of amides is 1. The van der Waals surface area contributed by atoms with E-state index < -0.39 is 11.7 Å². The molecule has 0 radical (unpaired) electrons. The van der Waals surface area contributed by atoms with Gasteiger partial charge in [-0.15, -0.1) is 0 Å². The van der Waals surface area contributed by atoms with Crippen LogP contribution in [0.4, 0.5) is 4.79 Å². The van der Waals surface area contributed by atoms with E-state index in [2.05, 4.69) is 10.3 Å². The van der Waals surface area contributed by atoms with Crippen LogP contribution >= 0.6 is 0 Å². The molecule has 0 aliphatic carbocycles. The number of carbonyl (C=O) groups is 1. The van der Waals surface area contributed by atoms with Crippen molar-refractivity contribution in [1.82, 2.24) is 10.3 Å². The number of ether oxygens (including phenoxy) is 1. The fourth-order valence-corrected chi connectivity index (χ4v) is 1.17. The maximum Gasteiger partial charge on any atom is 0.408 e. The summed E-state index contributed by atoms with van der Waals surface area (Å²) >= 11 is 0. The van der Waals surface area contributed by atoms with Gasteiger partial charge in [0.1, 0.15) is 5.60 Å². The molecule has 1 rings (SSSR count). The lowest BCUT2D eigenvalue weighted by Crippen LogP contribution is -2.33. The molecule has 1 heterocycles. The number of alkyl carbamates (subject to hydrolysis) is 1. The molecule has 1 aromatic heterocycles. The number of aromatic nitrogens is 1. The molecule has 0 aliphatic rings. The standard InChI is InChI=1S/C11H18N2O2/c1-8(9-5-6-12-7-9)13-10(14)15-11(2,3)4/h5-8,12H,1-4H3,(H,13,14). The third-order valence-corrected chi connectivity index (χ3v) is 1.86. The Hall–Kier alpha value is -1.45. The molecular weight excluding hydrogens is 192 g/mol. The van der Waals surface area contributed by atoms with Gasteiger partial charge in [0.15, 0.2) is 0 Å². The molecular formula is C11H18N2O2. The van der Waals surface area contributed by atoms with E-state index in [1.807, 2.05) is 46.2 Å². The van der Waals surface area contributed by atoms with Crippen LogP contribution in [0.1, 0.15) is 39.3 Å². The second-order valence-corrected chi connectivity index (χ2v) is 4.51. The molecule has 1 aromatic rings. The molecule has 4 heteroatoms. The highest BCUT2D eigenvalue weighted by molar-refractivity contribution is 5.68. The Morgan fingerprint density at radius 3 is 2.67 bits per heavy atom. The third kappa shape index (κ3) is 4.06. The quantitative estimate of drug-likeness (QED) is 0.788. The molecule has 0 fully saturated rings. The Morgan fingerprint density at radius 2 is 2.20 bits per heavy atom. The number of hydrogen-bond acceptors (Lipinski definition) is 2. The molecule has 0 spiro atoms. The molecule has 84 valence electrons. The minimum absolute atomic E-state index is 0.0499. The highest BCUT2D eigenvalue weighted by atomic mass is 16.6. The molecule has 0 aromatic carbocycles. The van der Waals surface area contributed by atoms with Gasteiger partial charge >= 0.3 is 6.09 Å². The number of hydrogen-bond donors (Lipinski definition) is 2. The predicted molar refractivity (Wildman–Crippen MR) is 58.6 cm³/mol. The van der Waals surface area contributed by atoms with Crippen molar-refractivity contribution >= 4 is 6.09 Å². The van der Waals surface area contributed by atoms with Crippen molar-refractivity contribution in [2.75, 3.05) is 0 Å². The first-order chi connectivity index (χ1) is 6.88. The van der Waals surface area contributed by atoms with Gasteiger partial charge in [-0.2, -0.15) is 0 Å². The van der Waals surface area contributed by atoms with E-state index in [0.29, 0.717) is 0 Å². The van der Waals surface area contributed by atoms with Crippen molar-refractivity contribution < 1.29 is 9.53 Å². The maximum absolute atomic E-state index is 11.4. The average Bonchev–Trinajstić information content (AvgIpc) is 2.50. The van der Waals surface area contributed by atoms with Crippen LogP contribution < -0.4 is 5.32 Å². The second kappa shape index (κ2) is 4.38. The number of carbonyl (C=O) groups excluding carboxylic acids is 1. The molecule has 1 unspecified atom stereocenters. The van der Waals surface area contributed by atoms with E-state index in [1.54, 1.807) is 0 Å². The van der Waals surface area contributed by atoms with Gasteiger partial charge in [0.05, 0.1) is 6.04 Å². The summed E-state index contributed by atoms with van der Waals surface area (Å²) in [6.07, 6.45) is 3.28. The number of aromatic amines is 1. The summed E-state index contributed by atoms with van der Waals surface area (Å²) in [5.74, 6) is 0. The Kier molecular flexibility index (Phi) is 3.39. The molecule has 0 saturated heterocycles. The SMILES string of the molecule is CC(NC(=O)OC(C)(C)C)c1cc[nH]c1. The van der Waals surface area contributed by atoms with Gasteiger partial charge < -0.3 is 15.0 Å². The van der Waals surface area contributed by atoms with Crippen molar-refractivity contribution in [2.45, 2.75) is 39.3 Å². The summed E-state index contributed by atoms with van der Waals surface area (Å²) in [6, 6.07) is 1.87. The minimum Gasteiger partial charge on any atom is -0.444 e. The largest absolute Gasteiger partial charge is 0.444 e. The fourth-order valence-electron chi connectivity index (χ4n) is 1.17. The number of H-pyrrole nitrogens is 1. The first-order valence-electron chi connectivity index (χ1n) is 5.01. The van der Waals surface area contributed by atoms with Gasteiger partial charge in [0, 0.05) is 12.4 Å². The predicted octanol–water partition coefficient (Wildman–Crippen LogP) is 2.60. The Labute approximate surface area is 90.0 Å². The maximum atomic E-state index is 11.4. The molecule has 15 heavy (non-hydrogen) atoms. The smallest absolute Gasteiger partial charge is 0.408 e. The number of rotatable bonds is 2. The lowest BCUT2D eigenvalue weighted by molar-refractivity contribution is 0.0508. The van der Waals surface area contributed by atoms with Crippen LogP contribution in [0.3, 0.4) is 0 Å². The molecule has 1 amide bonds. The van der Waals surface area contributed by atoms with Gasteiger partial charge in [0.2, 0.25) is 0 Å². The van der Waals surface area contributed by atoms with Crippen LogP contribution in [0.5, 0.6) is 0 Å². The van der Waals surface area contributed by atoms with E-state index >= 15 is 0 Å². The fraction of sp³-hybridized carbons (Fsp3) is 0.545. The summed E-state index contributed by atoms with van der Waals surface area (Å²) in [7, 11) is 0. The molecule has 0 bridgehead atoms. The third-order valence-electron chi connectivity index (χ3n) is 1.86. The second-order valence-electron chi connectivity index (χ2n) is 4.51. The highest BCUT2D eigenvalue weighted by Gasteiger charge is 2.18. The number of nitrogens with one attached hydrogen (secondary N) is 2. The lowest BCUT2D eigenvalue weighted by Gasteiger charge is -2.21. The van der Waals surface area contributed by atoms with E-state index in [0.717, 1.165) is 5.56 Å². The lowest BCUT2D eigenvalue weighted by atomic mass is 10.2. The average molecular weight is 210 g/mol. The van der Waals surface area contributed by atoms with Gasteiger partial charge in [-0.25, -0.2) is 4.79 Å². The zero-order chi connectivity index (χ0) is 11.5. The van der Waals surface area contributed by atoms with Crippen LogP contribution in [-0.4, -0.2) is 16.7 Å². The molecule has 0 saturated carbocycles. The van der Waals surface area contributed by atoms with E-state index in [4.69, 9.17) is 4.74 Å². The van der Waals surface area contributed by atoms with Gasteiger partial charge in [-0.05, 0) is 39.3 Å². The van der Waals surface area contributed by atoms with Gasteiger partial charge in [-0.1, -0.05) is 0 Å². The van der Waals surface area contributed by atoms with Gasteiger partial charge in [0.25, 0.3) is 0 Å². The van der Waals surface area contributed by atoms with E-state index in [9.17, 15) is 4.79 Å². The zero-order valence-corrected chi connectivity index (χ0v) is 9.63. The summed E-state index contributed by atoms with van der Waals surface area (Å²) in [5.41, 5.74) is 0.572. The highest BCUT2D eigenvalue weighted by Crippen LogP contribution is 2.12. The summed E-state index contributed by atoms with van der Waals surface area (Å²) in [5, 5.41) is 2.76. The topological polar surface area (TPSA) is 54.1 Å². The van der Waals surface area contributed by atoms with Crippen molar-refractivity contribution in [1.29, 1.82) is 0 Å². The summed E-state index contributed by atoms with van der Waals surface area (Å²) in [4.78, 5) is 14.4. The van der Waals surface area contributed by atoms with Crippen molar-refractivity contribution in [3.8, 4) is 0 Å². The van der Waals surface area contributed by atoms with Crippen LogP contribution in [-0.2, 0) is 4.74 Å². The molecule has 1 atom stereocenters. The van der Waals surface area contributed by atoms with Crippen LogP contribution in [0.2, 0.25) is 0 Å². The first kappa shape index (κ1) is 11.6. The summed E-state index contributed by atoms with van der Waals surface area (Å²) < 4.78 is 5.15. The van der Waals surface area contributed by atoms with Gasteiger partial charge in [-0.3, -0.25) is 0 Å². The molecule has 0 aliphatic heterocycles. The van der Waals surface area contributed by atoms with Crippen LogP contribution in [0, 0.1) is 0 Å².